The van der Waals surface area contributed by atoms with Gasteiger partial charge in [0.05, 0.1) is 5.69 Å². The van der Waals surface area contributed by atoms with Gasteiger partial charge in [-0.15, -0.1) is 5.10 Å². The molecular weight excluding hydrogens is 353 g/mol. The number of nitrogens with one attached hydrogen (secondary N) is 1. The van der Waals surface area contributed by atoms with Crippen LogP contribution in [-0.4, -0.2) is 16.7 Å². The summed E-state index contributed by atoms with van der Waals surface area (Å²) in [6.07, 6.45) is 1.11. The molecule has 0 aliphatic carbocycles. The van der Waals surface area contributed by atoms with Crippen molar-refractivity contribution in [1.82, 2.24) is 15.5 Å². The number of ether oxygens (including phenoxy) is 1. The molecule has 0 amide bonds. The molecule has 0 atom stereocenters. The standard InChI is InChI=1S/C14H16IN3O/c1-2-8-16-10-12-6-7-14(18-17-12)19-13-5-3-4-11(15)9-13/h3-7,9,16H,2,8,10H2,1H3. The monoisotopic (exact) mass is 369 g/mol. The molecule has 0 aliphatic rings. The summed E-state index contributed by atoms with van der Waals surface area (Å²) < 4.78 is 6.77. The summed E-state index contributed by atoms with van der Waals surface area (Å²) in [6, 6.07) is 11.6. The molecule has 0 spiro atoms. The Bertz CT molecular complexity index is 516. The van der Waals surface area contributed by atoms with Crippen LogP contribution in [0.5, 0.6) is 11.6 Å². The molecule has 1 heterocycles. The fourth-order valence-electron chi connectivity index (χ4n) is 1.54. The van der Waals surface area contributed by atoms with Crippen LogP contribution in [0, 0.1) is 3.57 Å². The molecule has 1 N–H and O–H groups in total. The Morgan fingerprint density at radius 2 is 2.11 bits per heavy atom. The van der Waals surface area contributed by atoms with Gasteiger partial charge in [0.2, 0.25) is 5.88 Å². The Balaban J connectivity index is 1.95. The molecule has 100 valence electrons. The first-order chi connectivity index (χ1) is 9.28. The molecule has 0 bridgehead atoms. The summed E-state index contributed by atoms with van der Waals surface area (Å²) >= 11 is 2.25. The van der Waals surface area contributed by atoms with Crippen molar-refractivity contribution in [2.24, 2.45) is 0 Å². The predicted octanol–water partition coefficient (Wildman–Crippen LogP) is 3.37. The minimum atomic E-state index is 0.515. The van der Waals surface area contributed by atoms with Crippen molar-refractivity contribution < 1.29 is 4.74 Å². The number of hydrogen-bond donors (Lipinski definition) is 1. The zero-order valence-corrected chi connectivity index (χ0v) is 12.9. The highest BCUT2D eigenvalue weighted by Gasteiger charge is 2.01. The van der Waals surface area contributed by atoms with Gasteiger partial charge in [-0.25, -0.2) is 0 Å². The van der Waals surface area contributed by atoms with E-state index in [-0.39, 0.29) is 0 Å². The van der Waals surface area contributed by atoms with E-state index >= 15 is 0 Å². The fourth-order valence-corrected chi connectivity index (χ4v) is 2.06. The molecule has 0 saturated carbocycles. The van der Waals surface area contributed by atoms with Crippen molar-refractivity contribution >= 4 is 22.6 Å². The van der Waals surface area contributed by atoms with E-state index < -0.39 is 0 Å². The van der Waals surface area contributed by atoms with Crippen molar-refractivity contribution in [1.29, 1.82) is 0 Å². The highest BCUT2D eigenvalue weighted by molar-refractivity contribution is 14.1. The number of halogens is 1. The van der Waals surface area contributed by atoms with Gasteiger partial charge in [-0.3, -0.25) is 0 Å². The summed E-state index contributed by atoms with van der Waals surface area (Å²) in [5.41, 5.74) is 0.920. The van der Waals surface area contributed by atoms with E-state index in [0.717, 1.165) is 34.5 Å². The third-order valence-electron chi connectivity index (χ3n) is 2.45. The van der Waals surface area contributed by atoms with Crippen LogP contribution in [0.25, 0.3) is 0 Å². The normalized spacial score (nSPS) is 10.4. The second-order valence-corrected chi connectivity index (χ2v) is 5.34. The number of aromatic nitrogens is 2. The van der Waals surface area contributed by atoms with Crippen molar-refractivity contribution in [3.8, 4) is 11.6 Å². The number of rotatable bonds is 6. The smallest absolute Gasteiger partial charge is 0.238 e. The third-order valence-corrected chi connectivity index (χ3v) is 3.12. The molecule has 19 heavy (non-hydrogen) atoms. The summed E-state index contributed by atoms with van der Waals surface area (Å²) in [5.74, 6) is 1.29. The quantitative estimate of drug-likeness (QED) is 0.627. The van der Waals surface area contributed by atoms with Crippen LogP contribution in [-0.2, 0) is 6.54 Å². The van der Waals surface area contributed by atoms with Crippen LogP contribution in [0.3, 0.4) is 0 Å². The molecule has 0 radical (unpaired) electrons. The highest BCUT2D eigenvalue weighted by Crippen LogP contribution is 2.20. The zero-order valence-electron chi connectivity index (χ0n) is 10.8. The van der Waals surface area contributed by atoms with E-state index in [1.54, 1.807) is 0 Å². The molecule has 0 unspecified atom stereocenters. The van der Waals surface area contributed by atoms with Gasteiger partial charge in [0.15, 0.2) is 0 Å². The minimum Gasteiger partial charge on any atom is -0.437 e. The summed E-state index contributed by atoms with van der Waals surface area (Å²) in [5, 5.41) is 11.5. The Labute approximate surface area is 126 Å². The molecule has 5 heteroatoms. The Morgan fingerprint density at radius 3 is 2.79 bits per heavy atom. The lowest BCUT2D eigenvalue weighted by Gasteiger charge is -2.05. The van der Waals surface area contributed by atoms with Crippen LogP contribution >= 0.6 is 22.6 Å². The minimum absolute atomic E-state index is 0.515. The topological polar surface area (TPSA) is 47.0 Å². The van der Waals surface area contributed by atoms with Gasteiger partial charge < -0.3 is 10.1 Å². The van der Waals surface area contributed by atoms with Crippen LogP contribution in [0.15, 0.2) is 36.4 Å². The lowest BCUT2D eigenvalue weighted by Crippen LogP contribution is -2.15. The van der Waals surface area contributed by atoms with E-state index in [4.69, 9.17) is 4.74 Å². The van der Waals surface area contributed by atoms with Gasteiger partial charge in [0.25, 0.3) is 0 Å². The lowest BCUT2D eigenvalue weighted by atomic mass is 10.3. The number of benzene rings is 1. The average Bonchev–Trinajstić information content (AvgIpc) is 2.41. The Hall–Kier alpha value is -1.21. The van der Waals surface area contributed by atoms with Crippen molar-refractivity contribution in [3.05, 3.63) is 45.7 Å². The molecule has 0 fully saturated rings. The predicted molar refractivity (Wildman–Crippen MR) is 83.3 cm³/mol. The third kappa shape index (κ3) is 4.76. The largest absolute Gasteiger partial charge is 0.437 e. The molecule has 0 aliphatic heterocycles. The van der Waals surface area contributed by atoms with Crippen LogP contribution in [0.2, 0.25) is 0 Å². The van der Waals surface area contributed by atoms with Crippen molar-refractivity contribution in [2.45, 2.75) is 19.9 Å². The number of hydrogen-bond acceptors (Lipinski definition) is 4. The number of nitrogens with zero attached hydrogens (tertiary/aromatic N) is 2. The van der Waals surface area contributed by atoms with Gasteiger partial charge in [-0.1, -0.05) is 13.0 Å². The Morgan fingerprint density at radius 1 is 1.21 bits per heavy atom. The van der Waals surface area contributed by atoms with Gasteiger partial charge in [-0.05, 0) is 59.8 Å². The molecular formula is C14H16IN3O. The molecule has 4 nitrogen and oxygen atoms in total. The van der Waals surface area contributed by atoms with Crippen LogP contribution < -0.4 is 10.1 Å². The van der Waals surface area contributed by atoms with E-state index in [1.807, 2.05) is 36.4 Å². The maximum Gasteiger partial charge on any atom is 0.238 e. The molecule has 0 saturated heterocycles. The second-order valence-electron chi connectivity index (χ2n) is 4.10. The van der Waals surface area contributed by atoms with Gasteiger partial charge >= 0.3 is 0 Å². The van der Waals surface area contributed by atoms with E-state index in [2.05, 4.69) is 45.0 Å². The van der Waals surface area contributed by atoms with Gasteiger partial charge in [0.1, 0.15) is 5.75 Å². The fraction of sp³-hybridized carbons (Fsp3) is 0.286. The summed E-state index contributed by atoms with van der Waals surface area (Å²) in [7, 11) is 0. The summed E-state index contributed by atoms with van der Waals surface area (Å²) in [6.45, 7) is 3.86. The highest BCUT2D eigenvalue weighted by atomic mass is 127. The molecule has 2 aromatic rings. The maximum atomic E-state index is 5.64. The van der Waals surface area contributed by atoms with E-state index in [9.17, 15) is 0 Å². The van der Waals surface area contributed by atoms with Crippen molar-refractivity contribution in [3.63, 3.8) is 0 Å². The molecule has 2 rings (SSSR count). The first-order valence-corrected chi connectivity index (χ1v) is 7.32. The van der Waals surface area contributed by atoms with Crippen molar-refractivity contribution in [2.75, 3.05) is 6.54 Å². The SMILES string of the molecule is CCCNCc1ccc(Oc2cccc(I)c2)nn1. The van der Waals surface area contributed by atoms with Gasteiger partial charge in [-0.2, -0.15) is 5.10 Å². The molecule has 1 aromatic carbocycles. The Kier molecular flexibility index (Phi) is 5.53. The van der Waals surface area contributed by atoms with Crippen LogP contribution in [0.1, 0.15) is 19.0 Å². The summed E-state index contributed by atoms with van der Waals surface area (Å²) in [4.78, 5) is 0. The van der Waals surface area contributed by atoms with Gasteiger partial charge in [0, 0.05) is 16.2 Å². The van der Waals surface area contributed by atoms with E-state index in [1.165, 1.54) is 0 Å². The second kappa shape index (κ2) is 7.40. The zero-order chi connectivity index (χ0) is 13.5. The maximum absolute atomic E-state index is 5.64. The average molecular weight is 369 g/mol. The molecule has 1 aromatic heterocycles. The lowest BCUT2D eigenvalue weighted by molar-refractivity contribution is 0.453. The first-order valence-electron chi connectivity index (χ1n) is 6.24. The van der Waals surface area contributed by atoms with Crippen LogP contribution in [0.4, 0.5) is 0 Å². The first kappa shape index (κ1) is 14.2. The van der Waals surface area contributed by atoms with E-state index in [0.29, 0.717) is 5.88 Å².